The van der Waals surface area contributed by atoms with Crippen molar-refractivity contribution in [2.45, 2.75) is 25.2 Å². The fourth-order valence-corrected chi connectivity index (χ4v) is 4.54. The van der Waals surface area contributed by atoms with Gasteiger partial charge in [-0.05, 0) is 38.5 Å². The van der Waals surface area contributed by atoms with E-state index < -0.39 is 22.0 Å². The third-order valence-corrected chi connectivity index (χ3v) is 6.70. The average Bonchev–Trinajstić information content (AvgIpc) is 2.97. The van der Waals surface area contributed by atoms with E-state index in [0.717, 1.165) is 5.56 Å². The van der Waals surface area contributed by atoms with Crippen molar-refractivity contribution in [3.05, 3.63) is 53.5 Å². The minimum atomic E-state index is -3.62. The molecule has 2 heterocycles. The molecule has 0 unspecified atom stereocenters. The number of carbonyl (C=O) groups is 2. The van der Waals surface area contributed by atoms with Crippen molar-refractivity contribution in [3.63, 3.8) is 0 Å². The van der Waals surface area contributed by atoms with E-state index in [1.165, 1.54) is 21.5 Å². The van der Waals surface area contributed by atoms with Gasteiger partial charge >= 0.3 is 6.03 Å². The summed E-state index contributed by atoms with van der Waals surface area (Å²) < 4.78 is 32.1. The highest BCUT2D eigenvalue weighted by atomic mass is 32.2. The molecule has 0 aliphatic carbocycles. The maximum absolute atomic E-state index is 12.8. The molecule has 0 radical (unpaired) electrons. The Hall–Kier alpha value is -2.85. The molecule has 1 aromatic heterocycles. The highest BCUT2D eigenvalue weighted by Crippen LogP contribution is 2.18. The largest absolute Gasteiger partial charge is 0.469 e. The number of hydrogen-bond donors (Lipinski definition) is 2. The highest BCUT2D eigenvalue weighted by Gasteiger charge is 2.28. The van der Waals surface area contributed by atoms with Crippen LogP contribution in [0.4, 0.5) is 4.79 Å². The number of benzene rings is 1. The van der Waals surface area contributed by atoms with Crippen molar-refractivity contribution in [3.8, 4) is 0 Å². The predicted octanol–water partition coefficient (Wildman–Crippen LogP) is 1.65. The fraction of sp³-hybridized carbons (Fsp3) is 0.368. The van der Waals surface area contributed by atoms with Crippen LogP contribution in [0.25, 0.3) is 0 Å². The van der Waals surface area contributed by atoms with E-state index in [1.54, 1.807) is 31.2 Å². The zero-order chi connectivity index (χ0) is 21.0. The molecule has 1 fully saturated rings. The number of sulfonamides is 1. The van der Waals surface area contributed by atoms with E-state index in [1.807, 2.05) is 6.92 Å². The molecular formula is C19H24N4O5S. The second-order valence-electron chi connectivity index (χ2n) is 6.83. The molecule has 3 rings (SSSR count). The van der Waals surface area contributed by atoms with Crippen LogP contribution in [0.3, 0.4) is 0 Å². The van der Waals surface area contributed by atoms with Crippen LogP contribution < -0.4 is 10.9 Å². The van der Waals surface area contributed by atoms with Gasteiger partial charge in [-0.1, -0.05) is 17.7 Å². The zero-order valence-corrected chi connectivity index (χ0v) is 17.2. The molecule has 0 spiro atoms. The van der Waals surface area contributed by atoms with Crippen molar-refractivity contribution >= 4 is 22.0 Å². The maximum atomic E-state index is 12.8. The number of aryl methyl sites for hydroxylation is 2. The molecule has 156 valence electrons. The van der Waals surface area contributed by atoms with Crippen LogP contribution in [0.15, 0.2) is 45.9 Å². The average molecular weight is 420 g/mol. The van der Waals surface area contributed by atoms with E-state index in [2.05, 4.69) is 10.9 Å². The summed E-state index contributed by atoms with van der Waals surface area (Å²) in [6.07, 6.45) is 1.89. The number of hydrogen-bond acceptors (Lipinski definition) is 5. The number of hydrazine groups is 1. The second kappa shape index (κ2) is 8.66. The van der Waals surface area contributed by atoms with Gasteiger partial charge in [-0.2, -0.15) is 4.31 Å². The monoisotopic (exact) mass is 420 g/mol. The van der Waals surface area contributed by atoms with Gasteiger partial charge in [0.25, 0.3) is 5.91 Å². The second-order valence-corrected chi connectivity index (χ2v) is 8.77. The molecule has 1 saturated heterocycles. The van der Waals surface area contributed by atoms with E-state index in [4.69, 9.17) is 4.42 Å². The van der Waals surface area contributed by atoms with E-state index >= 15 is 0 Å². The lowest BCUT2D eigenvalue weighted by molar-refractivity contribution is 0.0928. The topological polar surface area (TPSA) is 112 Å². The maximum Gasteiger partial charge on any atom is 0.336 e. The van der Waals surface area contributed by atoms with Gasteiger partial charge in [-0.25, -0.2) is 18.6 Å². The van der Waals surface area contributed by atoms with Crippen LogP contribution in [0.1, 0.15) is 28.1 Å². The van der Waals surface area contributed by atoms with Gasteiger partial charge in [-0.15, -0.1) is 0 Å². The molecule has 10 heteroatoms. The van der Waals surface area contributed by atoms with Crippen molar-refractivity contribution < 1.29 is 22.4 Å². The Morgan fingerprint density at radius 3 is 2.34 bits per heavy atom. The molecule has 9 nitrogen and oxygen atoms in total. The van der Waals surface area contributed by atoms with Crippen LogP contribution in [-0.2, 0) is 10.0 Å². The van der Waals surface area contributed by atoms with Crippen molar-refractivity contribution in [1.82, 2.24) is 20.1 Å². The summed E-state index contributed by atoms with van der Waals surface area (Å²) in [4.78, 5) is 26.2. The Bertz CT molecular complexity index is 984. The lowest BCUT2D eigenvalue weighted by Crippen LogP contribution is -2.49. The minimum Gasteiger partial charge on any atom is -0.469 e. The smallest absolute Gasteiger partial charge is 0.336 e. The molecule has 1 aliphatic heterocycles. The molecule has 1 aliphatic rings. The summed E-state index contributed by atoms with van der Waals surface area (Å²) >= 11 is 0. The zero-order valence-electron chi connectivity index (χ0n) is 16.3. The number of carbonyl (C=O) groups excluding carboxylic acids is 2. The first-order valence-corrected chi connectivity index (χ1v) is 10.7. The van der Waals surface area contributed by atoms with E-state index in [0.29, 0.717) is 30.8 Å². The van der Waals surface area contributed by atoms with Gasteiger partial charge in [0, 0.05) is 26.2 Å². The van der Waals surface area contributed by atoms with Crippen molar-refractivity contribution in [2.24, 2.45) is 0 Å². The Kier molecular flexibility index (Phi) is 6.23. The summed E-state index contributed by atoms with van der Waals surface area (Å²) in [5.41, 5.74) is 6.02. The first-order valence-electron chi connectivity index (χ1n) is 9.25. The summed E-state index contributed by atoms with van der Waals surface area (Å²) in [6, 6.07) is 7.72. The van der Waals surface area contributed by atoms with Gasteiger partial charge in [0.15, 0.2) is 0 Å². The molecule has 2 N–H and O–H groups in total. The first-order chi connectivity index (χ1) is 13.8. The summed E-state index contributed by atoms with van der Waals surface area (Å²) in [7, 11) is -3.62. The van der Waals surface area contributed by atoms with Gasteiger partial charge in [0.05, 0.1) is 16.7 Å². The van der Waals surface area contributed by atoms with Gasteiger partial charge in [0.2, 0.25) is 10.0 Å². The molecule has 0 saturated carbocycles. The standard InChI is InChI=1S/C19H24N4O5S/c1-14-4-6-16(7-5-14)29(26,27)23-10-3-9-22(11-12-23)19(25)21-20-18(24)17-8-13-28-15(17)2/h4-8,13H,3,9-12H2,1-2H3,(H,20,24)(H,21,25). The first kappa shape index (κ1) is 20.9. The highest BCUT2D eigenvalue weighted by molar-refractivity contribution is 7.89. The number of nitrogens with one attached hydrogen (secondary N) is 2. The Labute approximate surface area is 169 Å². The summed E-state index contributed by atoms with van der Waals surface area (Å²) in [6.45, 7) is 4.64. The van der Waals surface area contributed by atoms with Crippen LogP contribution >= 0.6 is 0 Å². The quantitative estimate of drug-likeness (QED) is 0.734. The Morgan fingerprint density at radius 2 is 1.69 bits per heavy atom. The van der Waals surface area contributed by atoms with Crippen LogP contribution in [-0.4, -0.2) is 55.7 Å². The number of amides is 3. The molecule has 1 aromatic carbocycles. The van der Waals surface area contributed by atoms with Crippen molar-refractivity contribution in [2.75, 3.05) is 26.2 Å². The Balaban J connectivity index is 1.57. The normalized spacial score (nSPS) is 15.6. The van der Waals surface area contributed by atoms with Crippen LogP contribution in [0, 0.1) is 13.8 Å². The van der Waals surface area contributed by atoms with Crippen molar-refractivity contribution in [1.29, 1.82) is 0 Å². The lowest BCUT2D eigenvalue weighted by Gasteiger charge is -2.22. The molecular weight excluding hydrogens is 396 g/mol. The van der Waals surface area contributed by atoms with Crippen LogP contribution in [0.5, 0.6) is 0 Å². The molecule has 0 bridgehead atoms. The molecule has 2 aromatic rings. The SMILES string of the molecule is Cc1ccc(S(=O)(=O)N2CCCN(C(=O)NNC(=O)c3ccoc3C)CC2)cc1. The van der Waals surface area contributed by atoms with Gasteiger partial charge in [0.1, 0.15) is 5.76 Å². The van der Waals surface area contributed by atoms with Gasteiger partial charge < -0.3 is 9.32 Å². The predicted molar refractivity (Wildman–Crippen MR) is 106 cm³/mol. The molecule has 3 amide bonds. The number of urea groups is 1. The lowest BCUT2D eigenvalue weighted by atomic mass is 10.2. The third kappa shape index (κ3) is 4.77. The number of rotatable bonds is 3. The Morgan fingerprint density at radius 1 is 0.966 bits per heavy atom. The number of nitrogens with zero attached hydrogens (tertiary/aromatic N) is 2. The number of furan rings is 1. The summed E-state index contributed by atoms with van der Waals surface area (Å²) in [5, 5.41) is 0. The fourth-order valence-electron chi connectivity index (χ4n) is 3.07. The van der Waals surface area contributed by atoms with Crippen LogP contribution in [0.2, 0.25) is 0 Å². The summed E-state index contributed by atoms with van der Waals surface area (Å²) in [5.74, 6) is -0.0357. The third-order valence-electron chi connectivity index (χ3n) is 4.79. The van der Waals surface area contributed by atoms with E-state index in [9.17, 15) is 18.0 Å². The van der Waals surface area contributed by atoms with Gasteiger partial charge in [-0.3, -0.25) is 10.2 Å². The van der Waals surface area contributed by atoms with E-state index in [-0.39, 0.29) is 18.0 Å². The molecule has 29 heavy (non-hydrogen) atoms. The molecule has 0 atom stereocenters. The minimum absolute atomic E-state index is 0.179.